The number of aliphatic hydroxyl groups excluding tert-OH is 2. The van der Waals surface area contributed by atoms with E-state index in [1.54, 1.807) is 7.11 Å². The van der Waals surface area contributed by atoms with E-state index in [1.807, 2.05) is 119 Å². The second kappa shape index (κ2) is 15.7. The SMILES string of the molecule is COc1ccc(-c2nc(=NCCO)sn2-c2ccccc2)cc1.OCCN=c1nc(-c2ccccc2)n(-c2ccccc2)s1. The summed E-state index contributed by atoms with van der Waals surface area (Å²) >= 11 is 2.93. The van der Waals surface area contributed by atoms with Crippen LogP contribution in [0.1, 0.15) is 0 Å². The smallest absolute Gasteiger partial charge is 0.223 e. The molecule has 0 saturated heterocycles. The molecule has 0 saturated carbocycles. The van der Waals surface area contributed by atoms with Crippen molar-refractivity contribution in [3.63, 3.8) is 0 Å². The molecule has 224 valence electrons. The Morgan fingerprint density at radius 1 is 0.591 bits per heavy atom. The van der Waals surface area contributed by atoms with Gasteiger partial charge in [0.1, 0.15) is 5.75 Å². The molecule has 0 radical (unpaired) electrons. The zero-order chi connectivity index (χ0) is 30.6. The molecule has 0 unspecified atom stereocenters. The molecule has 0 aliphatic carbocycles. The average molecular weight is 625 g/mol. The lowest BCUT2D eigenvalue weighted by Crippen LogP contribution is -2.01. The van der Waals surface area contributed by atoms with E-state index in [0.29, 0.717) is 22.7 Å². The largest absolute Gasteiger partial charge is 0.497 e. The fourth-order valence-corrected chi connectivity index (χ4v) is 5.95. The highest BCUT2D eigenvalue weighted by atomic mass is 32.1. The van der Waals surface area contributed by atoms with Gasteiger partial charge in [-0.25, -0.2) is 7.91 Å². The minimum Gasteiger partial charge on any atom is -0.497 e. The van der Waals surface area contributed by atoms with Crippen LogP contribution in [0.15, 0.2) is 125 Å². The van der Waals surface area contributed by atoms with Crippen LogP contribution in [0.25, 0.3) is 34.2 Å². The molecule has 0 spiro atoms. The summed E-state index contributed by atoms with van der Waals surface area (Å²) < 4.78 is 9.31. The number of para-hydroxylation sites is 2. The fraction of sp³-hybridized carbons (Fsp3) is 0.152. The molecule has 0 atom stereocenters. The Labute approximate surface area is 263 Å². The molecular formula is C33H32N6O3S2. The molecule has 6 rings (SSSR count). The second-order valence-electron chi connectivity index (χ2n) is 9.18. The van der Waals surface area contributed by atoms with Crippen LogP contribution < -0.4 is 14.3 Å². The van der Waals surface area contributed by atoms with Gasteiger partial charge < -0.3 is 14.9 Å². The van der Waals surface area contributed by atoms with E-state index in [2.05, 4.69) is 23.9 Å². The summed E-state index contributed by atoms with van der Waals surface area (Å²) in [6.45, 7) is 0.773. The van der Waals surface area contributed by atoms with Crippen molar-refractivity contribution in [1.82, 2.24) is 17.9 Å². The first kappa shape index (κ1) is 30.8. The lowest BCUT2D eigenvalue weighted by atomic mass is 10.2. The van der Waals surface area contributed by atoms with Crippen LogP contribution in [-0.2, 0) is 0 Å². The van der Waals surface area contributed by atoms with Crippen LogP contribution in [0, 0.1) is 0 Å². The first-order valence-corrected chi connectivity index (χ1v) is 15.5. The van der Waals surface area contributed by atoms with Gasteiger partial charge in [0.15, 0.2) is 11.6 Å². The fourth-order valence-electron chi connectivity index (χ4n) is 4.15. The Balaban J connectivity index is 0.000000175. The number of methoxy groups -OCH3 is 1. The highest BCUT2D eigenvalue weighted by Crippen LogP contribution is 2.24. The van der Waals surface area contributed by atoms with Crippen LogP contribution in [0.3, 0.4) is 0 Å². The van der Waals surface area contributed by atoms with Crippen LogP contribution in [0.2, 0.25) is 0 Å². The van der Waals surface area contributed by atoms with Gasteiger partial charge in [0.05, 0.1) is 44.8 Å². The summed E-state index contributed by atoms with van der Waals surface area (Å²) in [4.78, 5) is 19.1. The van der Waals surface area contributed by atoms with Crippen molar-refractivity contribution < 1.29 is 14.9 Å². The van der Waals surface area contributed by atoms with Gasteiger partial charge in [-0.2, -0.15) is 9.97 Å². The maximum atomic E-state index is 8.96. The minimum atomic E-state index is 0.0167. The Morgan fingerprint density at radius 3 is 1.41 bits per heavy atom. The molecule has 44 heavy (non-hydrogen) atoms. The van der Waals surface area contributed by atoms with Crippen LogP contribution >= 0.6 is 23.1 Å². The lowest BCUT2D eigenvalue weighted by Gasteiger charge is -2.06. The molecule has 2 N–H and O–H groups in total. The van der Waals surface area contributed by atoms with Crippen LogP contribution in [0.4, 0.5) is 0 Å². The van der Waals surface area contributed by atoms with E-state index < -0.39 is 0 Å². The minimum absolute atomic E-state index is 0.0167. The van der Waals surface area contributed by atoms with E-state index >= 15 is 0 Å². The topological polar surface area (TPSA) is 110 Å². The second-order valence-corrected chi connectivity index (χ2v) is 11.0. The molecule has 0 fully saturated rings. The van der Waals surface area contributed by atoms with Gasteiger partial charge in [0.25, 0.3) is 0 Å². The van der Waals surface area contributed by atoms with E-state index in [9.17, 15) is 0 Å². The number of aromatic nitrogens is 4. The van der Waals surface area contributed by atoms with Crippen molar-refractivity contribution in [3.8, 4) is 39.9 Å². The molecule has 2 heterocycles. The molecule has 0 aliphatic heterocycles. The van der Waals surface area contributed by atoms with Crippen LogP contribution in [-0.4, -0.2) is 61.5 Å². The molecule has 2 aromatic heterocycles. The highest BCUT2D eigenvalue weighted by molar-refractivity contribution is 7.04. The first-order valence-electron chi connectivity index (χ1n) is 13.9. The van der Waals surface area contributed by atoms with Gasteiger partial charge in [0, 0.05) is 11.1 Å². The number of aliphatic hydroxyl groups is 2. The maximum Gasteiger partial charge on any atom is 0.223 e. The van der Waals surface area contributed by atoms with Gasteiger partial charge in [0.2, 0.25) is 9.60 Å². The van der Waals surface area contributed by atoms with Gasteiger partial charge in [-0.3, -0.25) is 9.98 Å². The number of hydrogen-bond acceptors (Lipinski definition) is 9. The molecule has 4 aromatic carbocycles. The normalized spacial score (nSPS) is 11.7. The van der Waals surface area contributed by atoms with E-state index in [-0.39, 0.29) is 13.2 Å². The number of rotatable bonds is 9. The van der Waals surface area contributed by atoms with Gasteiger partial charge in [-0.15, -0.1) is 0 Å². The monoisotopic (exact) mass is 624 g/mol. The highest BCUT2D eigenvalue weighted by Gasteiger charge is 2.12. The molecule has 0 aliphatic rings. The lowest BCUT2D eigenvalue weighted by molar-refractivity contribution is 0.305. The molecular weight excluding hydrogens is 593 g/mol. The molecule has 9 nitrogen and oxygen atoms in total. The predicted octanol–water partition coefficient (Wildman–Crippen LogP) is 5.00. The Hall–Kier alpha value is -4.68. The summed E-state index contributed by atoms with van der Waals surface area (Å²) in [5, 5.41) is 17.9. The molecule has 0 bridgehead atoms. The van der Waals surface area contributed by atoms with Crippen LogP contribution in [0.5, 0.6) is 5.75 Å². The van der Waals surface area contributed by atoms with Gasteiger partial charge in [-0.05, 0) is 71.6 Å². The van der Waals surface area contributed by atoms with Crippen molar-refractivity contribution in [3.05, 3.63) is 125 Å². The first-order chi connectivity index (χ1) is 21.7. The van der Waals surface area contributed by atoms with Gasteiger partial charge in [-0.1, -0.05) is 66.7 Å². The standard InChI is InChI=1S/C17H17N3O2S.C16H15N3OS/c1-22-15-9-7-13(8-10-15)16-19-17(18-11-12-21)23-20(16)14-5-3-2-4-6-14;20-12-11-17-16-18-15(13-7-3-1-4-8-13)19(21-16)14-9-5-2-6-10-14/h2-10,21H,11-12H2,1H3;1-10,20H,11-12H2. The number of benzene rings is 4. The summed E-state index contributed by atoms with van der Waals surface area (Å²) in [6.07, 6.45) is 0. The quantitative estimate of drug-likeness (QED) is 0.235. The zero-order valence-electron chi connectivity index (χ0n) is 24.1. The third kappa shape index (κ3) is 7.82. The van der Waals surface area contributed by atoms with E-state index in [4.69, 9.17) is 14.9 Å². The molecule has 0 amide bonds. The van der Waals surface area contributed by atoms with E-state index in [1.165, 1.54) is 23.1 Å². The van der Waals surface area contributed by atoms with Gasteiger partial charge >= 0.3 is 0 Å². The van der Waals surface area contributed by atoms with Crippen molar-refractivity contribution in [2.24, 2.45) is 9.98 Å². The number of nitrogens with zero attached hydrogens (tertiary/aromatic N) is 6. The Bertz CT molecular complexity index is 1800. The average Bonchev–Trinajstić information content (AvgIpc) is 3.73. The molecule has 11 heteroatoms. The van der Waals surface area contributed by atoms with Crippen molar-refractivity contribution in [2.45, 2.75) is 0 Å². The van der Waals surface area contributed by atoms with E-state index in [0.717, 1.165) is 39.9 Å². The number of ether oxygens (including phenoxy) is 1. The summed E-state index contributed by atoms with van der Waals surface area (Å²) in [5.41, 5.74) is 4.11. The van der Waals surface area contributed by atoms with Crippen molar-refractivity contribution >= 4 is 23.1 Å². The predicted molar refractivity (Wildman–Crippen MR) is 175 cm³/mol. The third-order valence-electron chi connectivity index (χ3n) is 6.19. The summed E-state index contributed by atoms with van der Waals surface area (Å²) in [6, 6.07) is 37.9. The van der Waals surface area contributed by atoms with Crippen molar-refractivity contribution in [2.75, 3.05) is 33.4 Å². The molecule has 6 aromatic rings. The van der Waals surface area contributed by atoms with Crippen molar-refractivity contribution in [1.29, 1.82) is 0 Å². The Kier molecular flexibility index (Phi) is 11.0. The summed E-state index contributed by atoms with van der Waals surface area (Å²) in [5.74, 6) is 2.49. The zero-order valence-corrected chi connectivity index (χ0v) is 25.7. The maximum absolute atomic E-state index is 8.96. The summed E-state index contributed by atoms with van der Waals surface area (Å²) in [7, 11) is 1.65. The third-order valence-corrected chi connectivity index (χ3v) is 8.09. The Morgan fingerprint density at radius 2 is 1.00 bits per heavy atom. The number of hydrogen-bond donors (Lipinski definition) is 2.